The maximum absolute atomic E-state index is 7.19. The maximum Gasteiger partial charge on any atom is 0.0996 e. The molecule has 0 spiro atoms. The zero-order valence-electron chi connectivity index (χ0n) is 9.32. The predicted octanol–water partition coefficient (Wildman–Crippen LogP) is 2.65. The molecule has 0 N–H and O–H groups in total. The number of hydrogen-bond acceptors (Lipinski definition) is 2. The van der Waals surface area contributed by atoms with E-state index in [1.54, 1.807) is 30.7 Å². The van der Waals surface area contributed by atoms with E-state index in [9.17, 15) is 0 Å². The van der Waals surface area contributed by atoms with Crippen LogP contribution in [0.3, 0.4) is 0 Å². The van der Waals surface area contributed by atoms with Crippen LogP contribution in [-0.2, 0) is 0 Å². The van der Waals surface area contributed by atoms with E-state index in [1.807, 2.05) is 0 Å². The molecule has 0 aliphatic carbocycles. The van der Waals surface area contributed by atoms with Gasteiger partial charge in [-0.25, -0.2) is 0 Å². The van der Waals surface area contributed by atoms with Gasteiger partial charge in [-0.2, -0.15) is 0 Å². The third-order valence-electron chi connectivity index (χ3n) is 1.58. The first kappa shape index (κ1) is 4.45. The van der Waals surface area contributed by atoms with Gasteiger partial charge in [-0.05, 0) is 24.5 Å². The van der Waals surface area contributed by atoms with Gasteiger partial charge in [0.15, 0.2) is 0 Å². The molecule has 0 radical (unpaired) electrons. The second kappa shape index (κ2) is 2.81. The Balaban J connectivity index is 2.33. The van der Waals surface area contributed by atoms with E-state index >= 15 is 0 Å². The highest BCUT2D eigenvalue weighted by Crippen LogP contribution is 2.16. The molecule has 0 amide bonds. The summed E-state index contributed by atoms with van der Waals surface area (Å²) in [6.07, 6.45) is 4.49. The first-order chi connectivity index (χ1) is 7.07. The van der Waals surface area contributed by atoms with Gasteiger partial charge in [0.1, 0.15) is 0 Å². The van der Waals surface area contributed by atoms with Crippen LogP contribution in [0.5, 0.6) is 0 Å². The van der Waals surface area contributed by atoms with Crippen molar-refractivity contribution < 1.29 is 8.53 Å². The molecule has 2 aromatic rings. The minimum Gasteiger partial charge on any atom is -0.472 e. The fourth-order valence-electron chi connectivity index (χ4n) is 0.975. The van der Waals surface area contributed by atoms with Crippen LogP contribution in [0.25, 0.3) is 11.3 Å². The van der Waals surface area contributed by atoms with Gasteiger partial charge >= 0.3 is 0 Å². The number of nitrogens with zero attached hydrogens (tertiary/aromatic N) is 1. The maximum atomic E-state index is 7.19. The smallest absolute Gasteiger partial charge is 0.0996 e. The van der Waals surface area contributed by atoms with Crippen molar-refractivity contribution in [1.82, 2.24) is 4.98 Å². The van der Waals surface area contributed by atoms with Crippen LogP contribution < -0.4 is 0 Å². The second-order valence-corrected chi connectivity index (χ2v) is 2.44. The van der Waals surface area contributed by atoms with E-state index < -0.39 is 6.85 Å². The summed E-state index contributed by atoms with van der Waals surface area (Å²) < 4.78 is 26.5. The molecular formula is C10H9NO. The van der Waals surface area contributed by atoms with Crippen LogP contribution in [0, 0.1) is 6.85 Å². The van der Waals surface area contributed by atoms with E-state index in [2.05, 4.69) is 4.98 Å². The Kier molecular flexibility index (Phi) is 1.04. The Morgan fingerprint density at radius 3 is 3.00 bits per heavy atom. The Labute approximate surface area is 75.1 Å². The quantitative estimate of drug-likeness (QED) is 0.644. The van der Waals surface area contributed by atoms with Crippen molar-refractivity contribution in [2.24, 2.45) is 0 Å². The first-order valence-electron chi connectivity index (χ1n) is 5.06. The summed E-state index contributed by atoms with van der Waals surface area (Å²) >= 11 is 0. The standard InChI is InChI=1S/C10H9NO/c1-8-2-3-10(11-6-8)9-4-5-12-7-9/h2-7H,1H3/i1D3. The van der Waals surface area contributed by atoms with Crippen LogP contribution in [0.2, 0.25) is 0 Å². The zero-order chi connectivity index (χ0) is 10.9. The highest BCUT2D eigenvalue weighted by Gasteiger charge is 1.98. The molecule has 0 unspecified atom stereocenters. The lowest BCUT2D eigenvalue weighted by molar-refractivity contribution is 0.568. The van der Waals surface area contributed by atoms with Crippen molar-refractivity contribution in [3.05, 3.63) is 42.5 Å². The van der Waals surface area contributed by atoms with Gasteiger partial charge in [0.25, 0.3) is 0 Å². The van der Waals surface area contributed by atoms with Crippen molar-refractivity contribution in [1.29, 1.82) is 0 Å². The van der Waals surface area contributed by atoms with Crippen molar-refractivity contribution >= 4 is 0 Å². The molecule has 0 bridgehead atoms. The summed E-state index contributed by atoms with van der Waals surface area (Å²) in [5.74, 6) is 0. The highest BCUT2D eigenvalue weighted by molar-refractivity contribution is 5.56. The molecule has 2 aromatic heterocycles. The van der Waals surface area contributed by atoms with Gasteiger partial charge in [-0.1, -0.05) is 6.07 Å². The van der Waals surface area contributed by atoms with Crippen molar-refractivity contribution in [3.8, 4) is 11.3 Å². The van der Waals surface area contributed by atoms with Gasteiger partial charge < -0.3 is 4.42 Å². The molecule has 0 saturated carbocycles. The summed E-state index contributed by atoms with van der Waals surface area (Å²) in [5, 5.41) is 0. The van der Waals surface area contributed by atoms with E-state index in [0.29, 0.717) is 5.69 Å². The molecule has 0 aromatic carbocycles. The molecule has 0 aliphatic rings. The average molecular weight is 162 g/mol. The molecule has 2 heterocycles. The number of rotatable bonds is 1. The monoisotopic (exact) mass is 162 g/mol. The van der Waals surface area contributed by atoms with Crippen LogP contribution in [0.1, 0.15) is 9.68 Å². The highest BCUT2D eigenvalue weighted by atomic mass is 16.3. The average Bonchev–Trinajstić information content (AvgIpc) is 2.69. The second-order valence-electron chi connectivity index (χ2n) is 2.44. The van der Waals surface area contributed by atoms with Crippen molar-refractivity contribution in [2.75, 3.05) is 0 Å². The number of furan rings is 1. The summed E-state index contributed by atoms with van der Waals surface area (Å²) in [7, 11) is 0. The molecule has 60 valence electrons. The minimum absolute atomic E-state index is 0.245. The Morgan fingerprint density at radius 1 is 1.42 bits per heavy atom. The third-order valence-corrected chi connectivity index (χ3v) is 1.58. The molecule has 2 nitrogen and oxygen atoms in total. The van der Waals surface area contributed by atoms with E-state index in [1.165, 1.54) is 6.20 Å². The van der Waals surface area contributed by atoms with E-state index in [0.717, 1.165) is 5.56 Å². The van der Waals surface area contributed by atoms with Crippen molar-refractivity contribution in [3.63, 3.8) is 0 Å². The molecule has 2 heteroatoms. The fourth-order valence-corrected chi connectivity index (χ4v) is 0.975. The summed E-state index contributed by atoms with van der Waals surface area (Å²) in [6, 6.07) is 5.01. The molecule has 2 rings (SSSR count). The van der Waals surface area contributed by atoms with E-state index in [-0.39, 0.29) is 5.56 Å². The molecule has 0 saturated heterocycles. The van der Waals surface area contributed by atoms with Gasteiger partial charge in [-0.3, -0.25) is 4.98 Å². The molecule has 12 heavy (non-hydrogen) atoms. The van der Waals surface area contributed by atoms with Gasteiger partial charge in [0, 0.05) is 15.9 Å². The van der Waals surface area contributed by atoms with Crippen LogP contribution in [0.15, 0.2) is 41.3 Å². The first-order valence-corrected chi connectivity index (χ1v) is 3.56. The lowest BCUT2D eigenvalue weighted by Gasteiger charge is -1.95. The topological polar surface area (TPSA) is 26.0 Å². The SMILES string of the molecule is [2H]C([2H])([2H])c1ccc(-c2ccoc2)nc1. The summed E-state index contributed by atoms with van der Waals surface area (Å²) in [5.41, 5.74) is 1.79. The number of hydrogen-bond donors (Lipinski definition) is 0. The van der Waals surface area contributed by atoms with Crippen molar-refractivity contribution in [2.45, 2.75) is 6.85 Å². The van der Waals surface area contributed by atoms with Gasteiger partial charge in [0.2, 0.25) is 0 Å². The van der Waals surface area contributed by atoms with E-state index in [4.69, 9.17) is 8.53 Å². The predicted molar refractivity (Wildman–Crippen MR) is 46.7 cm³/mol. The normalized spacial score (nSPS) is 14.8. The zero-order valence-corrected chi connectivity index (χ0v) is 6.32. The van der Waals surface area contributed by atoms with Crippen LogP contribution in [-0.4, -0.2) is 4.98 Å². The third kappa shape index (κ3) is 1.23. The van der Waals surface area contributed by atoms with Gasteiger partial charge in [-0.15, -0.1) is 0 Å². The number of aryl methyl sites for hydroxylation is 1. The molecular weight excluding hydrogens is 150 g/mol. The largest absolute Gasteiger partial charge is 0.472 e. The molecule has 0 aliphatic heterocycles. The Bertz CT molecular complexity index is 431. The molecule has 0 atom stereocenters. The minimum atomic E-state index is -2.10. The van der Waals surface area contributed by atoms with Crippen LogP contribution in [0.4, 0.5) is 0 Å². The number of pyridine rings is 1. The summed E-state index contributed by atoms with van der Waals surface area (Å²) in [6.45, 7) is -2.10. The Hall–Kier alpha value is -1.57. The van der Waals surface area contributed by atoms with Crippen LogP contribution >= 0.6 is 0 Å². The number of aromatic nitrogens is 1. The fraction of sp³-hybridized carbons (Fsp3) is 0.100. The Morgan fingerprint density at radius 2 is 2.42 bits per heavy atom. The lowest BCUT2D eigenvalue weighted by Crippen LogP contribution is -1.80. The summed E-state index contributed by atoms with van der Waals surface area (Å²) in [4.78, 5) is 4.07. The van der Waals surface area contributed by atoms with Gasteiger partial charge in [0.05, 0.1) is 18.2 Å². The molecule has 0 fully saturated rings. The lowest BCUT2D eigenvalue weighted by atomic mass is 10.2.